The van der Waals surface area contributed by atoms with Crippen LogP contribution < -0.4 is 0 Å². The molecule has 0 bridgehead atoms. The second-order valence-corrected chi connectivity index (χ2v) is 5.08. The number of carbonyl (C=O) groups excluding carboxylic acids is 1. The summed E-state index contributed by atoms with van der Waals surface area (Å²) in [6, 6.07) is 6.43. The lowest BCUT2D eigenvalue weighted by molar-refractivity contribution is -0.158. The normalized spacial score (nSPS) is 18.9. The average molecular weight is 298 g/mol. The summed E-state index contributed by atoms with van der Waals surface area (Å²) in [5.74, 6) is -1.19. The van der Waals surface area contributed by atoms with Crippen LogP contribution in [0.2, 0.25) is 5.02 Å². The van der Waals surface area contributed by atoms with Crippen LogP contribution in [0.5, 0.6) is 0 Å². The third-order valence-electron chi connectivity index (χ3n) is 3.25. The lowest BCUT2D eigenvalue weighted by Crippen LogP contribution is -2.52. The number of aryl methyl sites for hydroxylation is 1. The SMILES string of the molecule is O=C(O)C1COCCN1C(=O)CCc1cccc(Cl)c1. The Bertz CT molecular complexity index is 506. The van der Waals surface area contributed by atoms with Crippen molar-refractivity contribution in [3.63, 3.8) is 0 Å². The third kappa shape index (κ3) is 3.71. The highest BCUT2D eigenvalue weighted by molar-refractivity contribution is 6.30. The summed E-state index contributed by atoms with van der Waals surface area (Å²) >= 11 is 5.88. The summed E-state index contributed by atoms with van der Waals surface area (Å²) in [5, 5.41) is 9.72. The van der Waals surface area contributed by atoms with Crippen LogP contribution >= 0.6 is 11.6 Å². The zero-order valence-electron chi connectivity index (χ0n) is 10.9. The van der Waals surface area contributed by atoms with E-state index in [1.165, 1.54) is 4.90 Å². The van der Waals surface area contributed by atoms with Gasteiger partial charge in [-0.15, -0.1) is 0 Å². The monoisotopic (exact) mass is 297 g/mol. The molecule has 2 rings (SSSR count). The highest BCUT2D eigenvalue weighted by Gasteiger charge is 2.32. The van der Waals surface area contributed by atoms with Crippen molar-refractivity contribution in [1.29, 1.82) is 0 Å². The first kappa shape index (κ1) is 14.8. The summed E-state index contributed by atoms with van der Waals surface area (Å²) < 4.78 is 5.11. The Balaban J connectivity index is 1.95. The van der Waals surface area contributed by atoms with Gasteiger partial charge in [0.15, 0.2) is 6.04 Å². The smallest absolute Gasteiger partial charge is 0.328 e. The Labute approximate surface area is 122 Å². The number of carboxylic acid groups (broad SMARTS) is 1. The van der Waals surface area contributed by atoms with Gasteiger partial charge in [-0.3, -0.25) is 4.79 Å². The quantitative estimate of drug-likeness (QED) is 0.916. The molecule has 1 atom stereocenters. The van der Waals surface area contributed by atoms with Gasteiger partial charge >= 0.3 is 5.97 Å². The molecule has 1 N–H and O–H groups in total. The second-order valence-electron chi connectivity index (χ2n) is 4.65. The molecule has 1 amide bonds. The molecule has 20 heavy (non-hydrogen) atoms. The molecule has 1 fully saturated rings. The van der Waals surface area contributed by atoms with Gasteiger partial charge in [-0.25, -0.2) is 4.79 Å². The Morgan fingerprint density at radius 3 is 2.95 bits per heavy atom. The Hall–Kier alpha value is -1.59. The van der Waals surface area contributed by atoms with E-state index >= 15 is 0 Å². The molecule has 5 nitrogen and oxygen atoms in total. The van der Waals surface area contributed by atoms with Gasteiger partial charge in [0, 0.05) is 18.0 Å². The Morgan fingerprint density at radius 1 is 1.45 bits per heavy atom. The molecule has 0 aromatic heterocycles. The van der Waals surface area contributed by atoms with Gasteiger partial charge in [0.25, 0.3) is 0 Å². The predicted octanol–water partition coefficient (Wildman–Crippen LogP) is 1.58. The molecule has 1 unspecified atom stereocenters. The largest absolute Gasteiger partial charge is 0.480 e. The first-order valence-corrected chi connectivity index (χ1v) is 6.80. The van der Waals surface area contributed by atoms with E-state index in [1.807, 2.05) is 18.2 Å². The number of rotatable bonds is 4. The van der Waals surface area contributed by atoms with Gasteiger partial charge < -0.3 is 14.7 Å². The molecule has 1 heterocycles. The molecule has 1 saturated heterocycles. The molecule has 1 aliphatic rings. The molecule has 0 radical (unpaired) electrons. The number of carbonyl (C=O) groups is 2. The summed E-state index contributed by atoms with van der Waals surface area (Å²) in [6.07, 6.45) is 0.813. The molecule has 108 valence electrons. The molecule has 1 aliphatic heterocycles. The van der Waals surface area contributed by atoms with Crippen LogP contribution in [0.3, 0.4) is 0 Å². The van der Waals surface area contributed by atoms with E-state index in [1.54, 1.807) is 6.07 Å². The van der Waals surface area contributed by atoms with Crippen molar-refractivity contribution in [1.82, 2.24) is 4.90 Å². The molecule has 1 aromatic rings. The number of ether oxygens (including phenoxy) is 1. The molecule has 0 aliphatic carbocycles. The number of aliphatic carboxylic acids is 1. The number of benzene rings is 1. The van der Waals surface area contributed by atoms with E-state index in [4.69, 9.17) is 21.4 Å². The lowest BCUT2D eigenvalue weighted by Gasteiger charge is -2.32. The molecular formula is C14H16ClNO4. The minimum Gasteiger partial charge on any atom is -0.480 e. The molecule has 0 spiro atoms. The average Bonchev–Trinajstić information content (AvgIpc) is 2.45. The highest BCUT2D eigenvalue weighted by Crippen LogP contribution is 2.14. The van der Waals surface area contributed by atoms with Crippen molar-refractivity contribution in [3.05, 3.63) is 34.9 Å². The number of nitrogens with zero attached hydrogens (tertiary/aromatic N) is 1. The Kier molecular flexibility index (Phi) is 4.98. The predicted molar refractivity (Wildman–Crippen MR) is 73.7 cm³/mol. The van der Waals surface area contributed by atoms with E-state index in [0.29, 0.717) is 24.6 Å². The van der Waals surface area contributed by atoms with Crippen molar-refractivity contribution in [2.45, 2.75) is 18.9 Å². The molecular weight excluding hydrogens is 282 g/mol. The first-order chi connectivity index (χ1) is 9.58. The minimum absolute atomic E-state index is 0.0538. The number of halogens is 1. The van der Waals surface area contributed by atoms with Crippen LogP contribution in [0, 0.1) is 0 Å². The molecule has 1 aromatic carbocycles. The third-order valence-corrected chi connectivity index (χ3v) is 3.49. The summed E-state index contributed by atoms with van der Waals surface area (Å²) in [6.45, 7) is 0.760. The van der Waals surface area contributed by atoms with Gasteiger partial charge in [0.1, 0.15) is 0 Å². The first-order valence-electron chi connectivity index (χ1n) is 6.42. The van der Waals surface area contributed by atoms with Gasteiger partial charge in [-0.2, -0.15) is 0 Å². The second kappa shape index (κ2) is 6.72. The number of amides is 1. The van der Waals surface area contributed by atoms with Crippen LogP contribution in [-0.2, 0) is 20.7 Å². The summed E-state index contributed by atoms with van der Waals surface area (Å²) in [5.41, 5.74) is 0.964. The zero-order chi connectivity index (χ0) is 14.5. The van der Waals surface area contributed by atoms with Gasteiger partial charge in [0.2, 0.25) is 5.91 Å². The van der Waals surface area contributed by atoms with Gasteiger partial charge in [0.05, 0.1) is 13.2 Å². The van der Waals surface area contributed by atoms with Crippen molar-refractivity contribution >= 4 is 23.5 Å². The van der Waals surface area contributed by atoms with Crippen LogP contribution in [0.25, 0.3) is 0 Å². The van der Waals surface area contributed by atoms with Crippen molar-refractivity contribution in [2.24, 2.45) is 0 Å². The van der Waals surface area contributed by atoms with Gasteiger partial charge in [-0.1, -0.05) is 23.7 Å². The number of hydrogen-bond acceptors (Lipinski definition) is 3. The van der Waals surface area contributed by atoms with E-state index in [-0.39, 0.29) is 18.9 Å². The number of morpholine rings is 1. The fourth-order valence-electron chi connectivity index (χ4n) is 2.19. The van der Waals surface area contributed by atoms with Crippen LogP contribution in [0.15, 0.2) is 24.3 Å². The fourth-order valence-corrected chi connectivity index (χ4v) is 2.41. The van der Waals surface area contributed by atoms with Crippen molar-refractivity contribution in [3.8, 4) is 0 Å². The number of carboxylic acids is 1. The maximum Gasteiger partial charge on any atom is 0.328 e. The Morgan fingerprint density at radius 2 is 2.25 bits per heavy atom. The van der Waals surface area contributed by atoms with E-state index in [0.717, 1.165) is 5.56 Å². The van der Waals surface area contributed by atoms with E-state index in [9.17, 15) is 9.59 Å². The molecule has 0 saturated carbocycles. The maximum atomic E-state index is 12.1. The van der Waals surface area contributed by atoms with Crippen molar-refractivity contribution < 1.29 is 19.4 Å². The van der Waals surface area contributed by atoms with Crippen molar-refractivity contribution in [2.75, 3.05) is 19.8 Å². The number of hydrogen-bond donors (Lipinski definition) is 1. The zero-order valence-corrected chi connectivity index (χ0v) is 11.7. The van der Waals surface area contributed by atoms with Crippen LogP contribution in [-0.4, -0.2) is 47.7 Å². The summed E-state index contributed by atoms with van der Waals surface area (Å²) in [4.78, 5) is 24.6. The van der Waals surface area contributed by atoms with Gasteiger partial charge in [-0.05, 0) is 24.1 Å². The fraction of sp³-hybridized carbons (Fsp3) is 0.429. The maximum absolute atomic E-state index is 12.1. The summed E-state index contributed by atoms with van der Waals surface area (Å²) in [7, 11) is 0. The highest BCUT2D eigenvalue weighted by atomic mass is 35.5. The lowest BCUT2D eigenvalue weighted by atomic mass is 10.1. The van der Waals surface area contributed by atoms with E-state index < -0.39 is 12.0 Å². The van der Waals surface area contributed by atoms with Crippen LogP contribution in [0.4, 0.5) is 0 Å². The molecule has 6 heteroatoms. The standard InChI is InChI=1S/C14H16ClNO4/c15-11-3-1-2-10(8-11)4-5-13(17)16-6-7-20-9-12(16)14(18)19/h1-3,8,12H,4-7,9H2,(H,18,19). The topological polar surface area (TPSA) is 66.8 Å². The van der Waals surface area contributed by atoms with Crippen LogP contribution in [0.1, 0.15) is 12.0 Å². The van der Waals surface area contributed by atoms with E-state index in [2.05, 4.69) is 0 Å². The minimum atomic E-state index is -1.03.